The van der Waals surface area contributed by atoms with Gasteiger partial charge in [0.15, 0.2) is 0 Å². The molecule has 1 aromatic rings. The second-order valence-electron chi connectivity index (χ2n) is 8.23. The van der Waals surface area contributed by atoms with E-state index >= 15 is 0 Å². The number of carbonyl (C=O) groups excluding carboxylic acids is 1. The van der Waals surface area contributed by atoms with E-state index < -0.39 is 5.60 Å². The molecule has 0 saturated heterocycles. The Morgan fingerprint density at radius 1 is 1.12 bits per heavy atom. The minimum atomic E-state index is -0.445. The van der Waals surface area contributed by atoms with E-state index in [4.69, 9.17) is 4.74 Å². The third kappa shape index (κ3) is 6.15. The van der Waals surface area contributed by atoms with Crippen molar-refractivity contribution in [2.75, 3.05) is 24.3 Å². The standard InChI is InChI=1S/C20H33N3O2/c1-14-13-17(23(5)6)11-12-18(14)21-15-7-9-16(10-8-15)22-19(24)25-20(2,3)4/h11-13,15-16,21H,7-10H2,1-6H3,(H,22,24). The van der Waals surface area contributed by atoms with Gasteiger partial charge in [0.1, 0.15) is 5.60 Å². The molecule has 0 aromatic heterocycles. The normalized spacial score (nSPS) is 20.7. The van der Waals surface area contributed by atoms with Gasteiger partial charge in [-0.2, -0.15) is 0 Å². The van der Waals surface area contributed by atoms with E-state index in [2.05, 4.69) is 54.8 Å². The Morgan fingerprint density at radius 3 is 2.24 bits per heavy atom. The summed E-state index contributed by atoms with van der Waals surface area (Å²) in [6.45, 7) is 7.80. The molecule has 1 amide bonds. The molecule has 0 heterocycles. The lowest BCUT2D eigenvalue weighted by Gasteiger charge is -2.31. The van der Waals surface area contributed by atoms with E-state index in [1.807, 2.05) is 20.8 Å². The van der Waals surface area contributed by atoms with E-state index in [1.165, 1.54) is 16.9 Å². The minimum absolute atomic E-state index is 0.213. The highest BCUT2D eigenvalue weighted by molar-refractivity contribution is 5.68. The van der Waals surface area contributed by atoms with Crippen LogP contribution in [-0.2, 0) is 4.74 Å². The van der Waals surface area contributed by atoms with Gasteiger partial charge in [-0.25, -0.2) is 4.79 Å². The first-order valence-corrected chi connectivity index (χ1v) is 9.18. The summed E-state index contributed by atoms with van der Waals surface area (Å²) < 4.78 is 5.34. The maximum absolute atomic E-state index is 11.9. The van der Waals surface area contributed by atoms with Crippen LogP contribution in [-0.4, -0.2) is 37.9 Å². The fraction of sp³-hybridized carbons (Fsp3) is 0.650. The first-order chi connectivity index (χ1) is 11.6. The highest BCUT2D eigenvalue weighted by Crippen LogP contribution is 2.26. The van der Waals surface area contributed by atoms with Crippen LogP contribution in [0.4, 0.5) is 16.2 Å². The van der Waals surface area contributed by atoms with Crippen molar-refractivity contribution in [3.8, 4) is 0 Å². The molecule has 1 aromatic carbocycles. The summed E-state index contributed by atoms with van der Waals surface area (Å²) in [5.41, 5.74) is 3.24. The molecular formula is C20H33N3O2. The smallest absolute Gasteiger partial charge is 0.407 e. The summed E-state index contributed by atoms with van der Waals surface area (Å²) in [5, 5.41) is 6.66. The van der Waals surface area contributed by atoms with Crippen molar-refractivity contribution in [1.29, 1.82) is 0 Å². The lowest BCUT2D eigenvalue weighted by Crippen LogP contribution is -2.42. The van der Waals surface area contributed by atoms with Crippen molar-refractivity contribution in [1.82, 2.24) is 5.32 Å². The van der Waals surface area contributed by atoms with Crippen molar-refractivity contribution in [2.45, 2.75) is 71.1 Å². The number of hydrogen-bond donors (Lipinski definition) is 2. The van der Waals surface area contributed by atoms with Crippen molar-refractivity contribution < 1.29 is 9.53 Å². The van der Waals surface area contributed by atoms with Gasteiger partial charge < -0.3 is 20.3 Å². The zero-order chi connectivity index (χ0) is 18.6. The average Bonchev–Trinajstić information content (AvgIpc) is 2.49. The molecule has 0 aliphatic heterocycles. The second-order valence-corrected chi connectivity index (χ2v) is 8.23. The van der Waals surface area contributed by atoms with Gasteiger partial charge in [-0.1, -0.05) is 0 Å². The molecule has 25 heavy (non-hydrogen) atoms. The summed E-state index contributed by atoms with van der Waals surface area (Å²) in [4.78, 5) is 14.0. The Hall–Kier alpha value is -1.91. The fourth-order valence-corrected chi connectivity index (χ4v) is 3.16. The van der Waals surface area contributed by atoms with E-state index in [0.29, 0.717) is 6.04 Å². The number of anilines is 2. The third-order valence-electron chi connectivity index (χ3n) is 4.53. The van der Waals surface area contributed by atoms with Crippen LogP contribution in [0.5, 0.6) is 0 Å². The number of aryl methyl sites for hydroxylation is 1. The zero-order valence-electron chi connectivity index (χ0n) is 16.5. The van der Waals surface area contributed by atoms with Crippen LogP contribution in [0.25, 0.3) is 0 Å². The Morgan fingerprint density at radius 2 is 1.72 bits per heavy atom. The molecule has 0 spiro atoms. The molecule has 0 atom stereocenters. The summed E-state index contributed by atoms with van der Waals surface area (Å²) in [6.07, 6.45) is 3.75. The van der Waals surface area contributed by atoms with Gasteiger partial charge in [0.2, 0.25) is 0 Å². The van der Waals surface area contributed by atoms with Crippen LogP contribution in [0.2, 0.25) is 0 Å². The van der Waals surface area contributed by atoms with Crippen molar-refractivity contribution in [2.24, 2.45) is 0 Å². The SMILES string of the molecule is Cc1cc(N(C)C)ccc1NC1CCC(NC(=O)OC(C)(C)C)CC1. The molecule has 2 N–H and O–H groups in total. The molecule has 1 fully saturated rings. The highest BCUT2D eigenvalue weighted by Gasteiger charge is 2.24. The van der Waals surface area contributed by atoms with Gasteiger partial charge in [-0.05, 0) is 77.1 Å². The summed E-state index contributed by atoms with van der Waals surface area (Å²) >= 11 is 0. The predicted molar refractivity (Wildman–Crippen MR) is 105 cm³/mol. The number of carbonyl (C=O) groups is 1. The quantitative estimate of drug-likeness (QED) is 0.852. The van der Waals surface area contributed by atoms with Crippen LogP contribution >= 0.6 is 0 Å². The molecule has 140 valence electrons. The molecule has 1 aliphatic rings. The number of ether oxygens (including phenoxy) is 1. The van der Waals surface area contributed by atoms with Crippen molar-refractivity contribution >= 4 is 17.5 Å². The first-order valence-electron chi connectivity index (χ1n) is 9.18. The number of hydrogen-bond acceptors (Lipinski definition) is 4. The lowest BCUT2D eigenvalue weighted by molar-refractivity contribution is 0.0492. The Bertz CT molecular complexity index is 585. The van der Waals surface area contributed by atoms with Crippen LogP contribution in [0.15, 0.2) is 18.2 Å². The van der Waals surface area contributed by atoms with Gasteiger partial charge in [-0.15, -0.1) is 0 Å². The largest absolute Gasteiger partial charge is 0.444 e. The molecule has 1 aliphatic carbocycles. The Kier molecular flexibility index (Phi) is 6.20. The maximum Gasteiger partial charge on any atom is 0.407 e. The van der Waals surface area contributed by atoms with E-state index in [9.17, 15) is 4.79 Å². The van der Waals surface area contributed by atoms with Gasteiger partial charge >= 0.3 is 6.09 Å². The minimum Gasteiger partial charge on any atom is -0.444 e. The number of amides is 1. The van der Waals surface area contributed by atoms with Gasteiger partial charge in [0.05, 0.1) is 0 Å². The second kappa shape index (κ2) is 7.98. The molecule has 1 saturated carbocycles. The van der Waals surface area contributed by atoms with E-state index in [1.54, 1.807) is 0 Å². The molecular weight excluding hydrogens is 314 g/mol. The molecule has 5 nitrogen and oxygen atoms in total. The van der Waals surface area contributed by atoms with E-state index in [0.717, 1.165) is 25.7 Å². The van der Waals surface area contributed by atoms with Crippen LogP contribution in [0, 0.1) is 6.92 Å². The first kappa shape index (κ1) is 19.4. The number of nitrogens with one attached hydrogen (secondary N) is 2. The topological polar surface area (TPSA) is 53.6 Å². The molecule has 0 unspecified atom stereocenters. The Balaban J connectivity index is 1.82. The van der Waals surface area contributed by atoms with Crippen molar-refractivity contribution in [3.63, 3.8) is 0 Å². The average molecular weight is 348 g/mol. The predicted octanol–water partition coefficient (Wildman–Crippen LogP) is 4.31. The van der Waals surface area contributed by atoms with Gasteiger partial charge in [0.25, 0.3) is 0 Å². The Labute approximate surface area is 152 Å². The molecule has 2 rings (SSSR count). The van der Waals surface area contributed by atoms with Gasteiger partial charge in [0, 0.05) is 37.6 Å². The van der Waals surface area contributed by atoms with Crippen LogP contribution in [0.1, 0.15) is 52.0 Å². The van der Waals surface area contributed by atoms with Crippen LogP contribution in [0.3, 0.4) is 0 Å². The van der Waals surface area contributed by atoms with Crippen molar-refractivity contribution in [3.05, 3.63) is 23.8 Å². The third-order valence-corrected chi connectivity index (χ3v) is 4.53. The maximum atomic E-state index is 11.9. The number of benzene rings is 1. The number of alkyl carbamates (subject to hydrolysis) is 1. The van der Waals surface area contributed by atoms with Gasteiger partial charge in [-0.3, -0.25) is 0 Å². The number of rotatable bonds is 4. The fourth-order valence-electron chi connectivity index (χ4n) is 3.16. The monoisotopic (exact) mass is 347 g/mol. The zero-order valence-corrected chi connectivity index (χ0v) is 16.5. The lowest BCUT2D eigenvalue weighted by atomic mass is 9.91. The summed E-state index contributed by atoms with van der Waals surface area (Å²) in [5.74, 6) is 0. The molecule has 0 bridgehead atoms. The molecule has 5 heteroatoms. The summed E-state index contributed by atoms with van der Waals surface area (Å²) in [6, 6.07) is 7.18. The van der Waals surface area contributed by atoms with E-state index in [-0.39, 0.29) is 12.1 Å². The number of nitrogens with zero attached hydrogens (tertiary/aromatic N) is 1. The summed E-state index contributed by atoms with van der Waals surface area (Å²) in [7, 11) is 4.11. The molecule has 0 radical (unpaired) electrons. The highest BCUT2D eigenvalue weighted by atomic mass is 16.6. The van der Waals surface area contributed by atoms with Crippen LogP contribution < -0.4 is 15.5 Å².